The van der Waals surface area contributed by atoms with Crippen LogP contribution in [0.1, 0.15) is 54.9 Å². The van der Waals surface area contributed by atoms with Crippen LogP contribution in [-0.4, -0.2) is 18.6 Å². The molecule has 0 saturated carbocycles. The maximum atomic E-state index is 11.8. The standard InChI is InChI=1S/C16H24N2O3S/c1-5-21-15(20)18-14-12(13(17)19)10-7-6-9(16(2,3)4)8-11(10)22-14/h9H,5-8H2,1-4H3,(H2,17,19)(H,18,20)/t9-/m1/s1. The number of nitrogens with two attached hydrogens (primary N) is 1. The Balaban J connectivity index is 2.32. The van der Waals surface area contributed by atoms with Crippen molar-refractivity contribution in [2.75, 3.05) is 11.9 Å². The lowest BCUT2D eigenvalue weighted by Gasteiger charge is -2.33. The summed E-state index contributed by atoms with van der Waals surface area (Å²) in [6, 6.07) is 0. The number of carbonyl (C=O) groups is 2. The molecule has 3 N–H and O–H groups in total. The largest absolute Gasteiger partial charge is 0.450 e. The molecule has 0 aromatic carbocycles. The molecule has 1 aliphatic carbocycles. The van der Waals surface area contributed by atoms with Gasteiger partial charge in [0.15, 0.2) is 0 Å². The molecule has 0 fully saturated rings. The minimum atomic E-state index is -0.545. The first-order valence-electron chi connectivity index (χ1n) is 7.62. The van der Waals surface area contributed by atoms with Crippen LogP contribution in [0.3, 0.4) is 0 Å². The van der Waals surface area contributed by atoms with Crippen molar-refractivity contribution in [3.05, 3.63) is 16.0 Å². The first-order valence-corrected chi connectivity index (χ1v) is 8.43. The smallest absolute Gasteiger partial charge is 0.412 e. The zero-order valence-electron chi connectivity index (χ0n) is 13.6. The van der Waals surface area contributed by atoms with Crippen LogP contribution in [0.25, 0.3) is 0 Å². The second kappa shape index (κ2) is 6.28. The third-order valence-electron chi connectivity index (χ3n) is 4.23. The number of hydrogen-bond donors (Lipinski definition) is 2. The van der Waals surface area contributed by atoms with E-state index < -0.39 is 12.0 Å². The quantitative estimate of drug-likeness (QED) is 0.892. The van der Waals surface area contributed by atoms with Gasteiger partial charge in [-0.05, 0) is 43.1 Å². The number of rotatable bonds is 3. The van der Waals surface area contributed by atoms with E-state index in [1.165, 1.54) is 11.3 Å². The summed E-state index contributed by atoms with van der Waals surface area (Å²) in [7, 11) is 0. The molecule has 0 bridgehead atoms. The molecule has 2 amide bonds. The van der Waals surface area contributed by atoms with E-state index in [4.69, 9.17) is 10.5 Å². The van der Waals surface area contributed by atoms with Gasteiger partial charge >= 0.3 is 6.09 Å². The van der Waals surface area contributed by atoms with Crippen LogP contribution in [0.2, 0.25) is 0 Å². The Morgan fingerprint density at radius 2 is 2.09 bits per heavy atom. The Morgan fingerprint density at radius 1 is 1.41 bits per heavy atom. The van der Waals surface area contributed by atoms with E-state index in [2.05, 4.69) is 26.1 Å². The fourth-order valence-electron chi connectivity index (χ4n) is 2.93. The predicted molar refractivity (Wildman–Crippen MR) is 88.5 cm³/mol. The first kappa shape index (κ1) is 16.8. The Morgan fingerprint density at radius 3 is 2.64 bits per heavy atom. The van der Waals surface area contributed by atoms with Crippen LogP contribution < -0.4 is 11.1 Å². The molecule has 0 radical (unpaired) electrons. The van der Waals surface area contributed by atoms with E-state index >= 15 is 0 Å². The summed E-state index contributed by atoms with van der Waals surface area (Å²) < 4.78 is 4.89. The molecule has 2 rings (SSSR count). The van der Waals surface area contributed by atoms with Crippen LogP contribution in [0.4, 0.5) is 9.80 Å². The topological polar surface area (TPSA) is 81.4 Å². The molecule has 1 atom stereocenters. The van der Waals surface area contributed by atoms with Crippen LogP contribution in [0, 0.1) is 11.3 Å². The van der Waals surface area contributed by atoms with Gasteiger partial charge in [0.2, 0.25) is 0 Å². The number of nitrogens with one attached hydrogen (secondary N) is 1. The molecule has 6 heteroatoms. The van der Waals surface area contributed by atoms with Crippen LogP contribution >= 0.6 is 11.3 Å². The summed E-state index contributed by atoms with van der Waals surface area (Å²) in [5.74, 6) is 0.0772. The summed E-state index contributed by atoms with van der Waals surface area (Å²) in [4.78, 5) is 24.6. The van der Waals surface area contributed by atoms with Crippen molar-refractivity contribution in [3.8, 4) is 0 Å². The van der Waals surface area contributed by atoms with Crippen molar-refractivity contribution in [3.63, 3.8) is 0 Å². The minimum Gasteiger partial charge on any atom is -0.450 e. The summed E-state index contributed by atoms with van der Waals surface area (Å²) in [6.07, 6.45) is 2.24. The van der Waals surface area contributed by atoms with E-state index in [1.807, 2.05) is 0 Å². The van der Waals surface area contributed by atoms with Gasteiger partial charge in [-0.15, -0.1) is 11.3 Å². The van der Waals surface area contributed by atoms with Gasteiger partial charge in [0.25, 0.3) is 5.91 Å². The number of amides is 2. The van der Waals surface area contributed by atoms with Crippen molar-refractivity contribution < 1.29 is 14.3 Å². The predicted octanol–water partition coefficient (Wildman–Crippen LogP) is 3.57. The maximum Gasteiger partial charge on any atom is 0.412 e. The van der Waals surface area contributed by atoms with Crippen LogP contribution in [0.15, 0.2) is 0 Å². The van der Waals surface area contributed by atoms with Gasteiger partial charge in [-0.3, -0.25) is 10.1 Å². The molecule has 0 spiro atoms. The van der Waals surface area contributed by atoms with E-state index in [0.717, 1.165) is 29.7 Å². The number of carbonyl (C=O) groups excluding carboxylic acids is 2. The highest BCUT2D eigenvalue weighted by Crippen LogP contribution is 2.44. The van der Waals surface area contributed by atoms with Crippen molar-refractivity contribution in [1.82, 2.24) is 0 Å². The Labute approximate surface area is 135 Å². The first-order chi connectivity index (χ1) is 10.2. The van der Waals surface area contributed by atoms with Gasteiger partial charge < -0.3 is 10.5 Å². The third kappa shape index (κ3) is 3.43. The molecule has 22 heavy (non-hydrogen) atoms. The number of thiophene rings is 1. The van der Waals surface area contributed by atoms with Crippen LogP contribution in [-0.2, 0) is 17.6 Å². The maximum absolute atomic E-state index is 11.8. The van der Waals surface area contributed by atoms with Crippen molar-refractivity contribution in [1.29, 1.82) is 0 Å². The molecule has 1 aromatic heterocycles. The fourth-order valence-corrected chi connectivity index (χ4v) is 4.25. The van der Waals surface area contributed by atoms with Crippen molar-refractivity contribution in [2.45, 2.75) is 47.0 Å². The lowest BCUT2D eigenvalue weighted by Crippen LogP contribution is -2.27. The highest BCUT2D eigenvalue weighted by molar-refractivity contribution is 7.17. The molecular weight excluding hydrogens is 300 g/mol. The van der Waals surface area contributed by atoms with Gasteiger partial charge in [-0.25, -0.2) is 4.79 Å². The molecule has 1 heterocycles. The number of primary amides is 1. The number of anilines is 1. The lowest BCUT2D eigenvalue weighted by atomic mass is 9.72. The average Bonchev–Trinajstić information content (AvgIpc) is 2.74. The highest BCUT2D eigenvalue weighted by atomic mass is 32.1. The summed E-state index contributed by atoms with van der Waals surface area (Å²) in [6.45, 7) is 8.74. The monoisotopic (exact) mass is 324 g/mol. The Bertz CT molecular complexity index is 587. The SMILES string of the molecule is CCOC(=O)Nc1sc2c(c1C(N)=O)CC[C@@H](C(C)(C)C)C2. The van der Waals surface area contributed by atoms with Gasteiger partial charge in [-0.2, -0.15) is 0 Å². The number of hydrogen-bond acceptors (Lipinski definition) is 4. The molecular formula is C16H24N2O3S. The summed E-state index contributed by atoms with van der Waals surface area (Å²) in [5.41, 5.74) is 7.22. The Hall–Kier alpha value is -1.56. The van der Waals surface area contributed by atoms with E-state index in [-0.39, 0.29) is 12.0 Å². The second-order valence-corrected chi connectivity index (χ2v) is 7.83. The highest BCUT2D eigenvalue weighted by Gasteiger charge is 2.33. The van der Waals surface area contributed by atoms with Gasteiger partial charge in [0.05, 0.1) is 12.2 Å². The van der Waals surface area contributed by atoms with E-state index in [1.54, 1.807) is 6.92 Å². The zero-order chi connectivity index (χ0) is 16.5. The normalized spacial score (nSPS) is 17.7. The minimum absolute atomic E-state index is 0.225. The zero-order valence-corrected chi connectivity index (χ0v) is 14.4. The summed E-state index contributed by atoms with van der Waals surface area (Å²) in [5, 5.41) is 3.18. The van der Waals surface area contributed by atoms with Gasteiger partial charge in [0.1, 0.15) is 5.00 Å². The summed E-state index contributed by atoms with van der Waals surface area (Å²) >= 11 is 1.45. The molecule has 0 unspecified atom stereocenters. The van der Waals surface area contributed by atoms with Crippen molar-refractivity contribution >= 4 is 28.3 Å². The van der Waals surface area contributed by atoms with Gasteiger partial charge in [-0.1, -0.05) is 20.8 Å². The second-order valence-electron chi connectivity index (χ2n) is 6.72. The number of fused-ring (bicyclic) bond motifs is 1. The van der Waals surface area contributed by atoms with E-state index in [9.17, 15) is 9.59 Å². The lowest BCUT2D eigenvalue weighted by molar-refractivity contribution is 0.1000. The fraction of sp³-hybridized carbons (Fsp3) is 0.625. The van der Waals surface area contributed by atoms with Crippen LogP contribution in [0.5, 0.6) is 0 Å². The molecule has 0 saturated heterocycles. The van der Waals surface area contributed by atoms with Gasteiger partial charge in [0, 0.05) is 4.88 Å². The van der Waals surface area contributed by atoms with E-state index in [0.29, 0.717) is 16.5 Å². The molecule has 1 aliphatic rings. The molecule has 0 aliphatic heterocycles. The molecule has 1 aromatic rings. The van der Waals surface area contributed by atoms with Crippen molar-refractivity contribution in [2.24, 2.45) is 17.1 Å². The number of ether oxygens (including phenoxy) is 1. The average molecular weight is 324 g/mol. The molecule has 122 valence electrons. The Kier molecular flexibility index (Phi) is 4.80. The molecule has 5 nitrogen and oxygen atoms in total. The third-order valence-corrected chi connectivity index (χ3v) is 5.40.